The van der Waals surface area contributed by atoms with Gasteiger partial charge in [0.15, 0.2) is 11.2 Å². The Morgan fingerprint density at radius 3 is 1.11 bits per heavy atom. The van der Waals surface area contributed by atoms with Crippen LogP contribution in [0.3, 0.4) is 0 Å². The number of hydrogen-bond acceptors (Lipinski definition) is 4. The van der Waals surface area contributed by atoms with Gasteiger partial charge in [0.05, 0.1) is 0 Å². The molecule has 22 rings (SSSR count). The summed E-state index contributed by atoms with van der Waals surface area (Å²) in [4.78, 5) is 0. The molecule has 0 saturated heterocycles. The molecule has 0 aliphatic rings. The lowest BCUT2D eigenvalue weighted by molar-refractivity contribution is 0.633. The molecule has 0 atom stereocenters. The minimum Gasteiger partial charge on any atom is -0.456 e. The van der Waals surface area contributed by atoms with E-state index in [-0.39, 0.29) is 0 Å². The predicted molar refractivity (Wildman–Crippen MR) is 419 cm³/mol. The third-order valence-electron chi connectivity index (χ3n) is 21.4. The molecule has 0 saturated carbocycles. The fraction of sp³-hybridized carbons (Fsp3) is 0. The summed E-state index contributed by atoms with van der Waals surface area (Å²) in [6.45, 7) is 0. The molecule has 4 nitrogen and oxygen atoms in total. The Hall–Kier alpha value is -13.3. The Morgan fingerprint density at radius 1 is 0.150 bits per heavy atom. The van der Waals surface area contributed by atoms with Crippen molar-refractivity contribution >= 4 is 152 Å². The molecule has 0 amide bonds. The highest BCUT2D eigenvalue weighted by Gasteiger charge is 2.24. The van der Waals surface area contributed by atoms with Gasteiger partial charge in [0.1, 0.15) is 33.5 Å². The molecule has 18 aromatic carbocycles. The molecule has 0 unspecified atom stereocenters. The molecule has 0 N–H and O–H groups in total. The van der Waals surface area contributed by atoms with Gasteiger partial charge < -0.3 is 17.7 Å². The number of fused-ring (bicyclic) bond motifs is 20. The predicted octanol–water partition coefficient (Wildman–Crippen LogP) is 27.9. The largest absolute Gasteiger partial charge is 0.456 e. The zero-order valence-electron chi connectivity index (χ0n) is 53.8. The summed E-state index contributed by atoms with van der Waals surface area (Å²) in [5, 5.41) is 22.7. The summed E-state index contributed by atoms with van der Waals surface area (Å²) < 4.78 is 27.2. The summed E-state index contributed by atoms with van der Waals surface area (Å²) in [7, 11) is 0. The molecule has 100 heavy (non-hydrogen) atoms. The van der Waals surface area contributed by atoms with E-state index in [4.69, 9.17) is 17.7 Å². The molecular formula is C96H54O4. The maximum atomic E-state index is 7.06. The van der Waals surface area contributed by atoms with Gasteiger partial charge in [0.25, 0.3) is 0 Å². The van der Waals surface area contributed by atoms with Crippen LogP contribution in [0.15, 0.2) is 345 Å². The van der Waals surface area contributed by atoms with Gasteiger partial charge >= 0.3 is 0 Å². The van der Waals surface area contributed by atoms with Crippen molar-refractivity contribution in [2.24, 2.45) is 0 Å². The van der Waals surface area contributed by atoms with Crippen LogP contribution in [0.4, 0.5) is 0 Å². The third kappa shape index (κ3) is 8.16. The Kier molecular flexibility index (Phi) is 11.6. The quantitative estimate of drug-likeness (QED) is 0.149. The molecule has 462 valence electrons. The molecule has 22 aromatic rings. The van der Waals surface area contributed by atoms with Crippen LogP contribution in [0.1, 0.15) is 0 Å². The molecular weight excluding hydrogens is 1220 g/mol. The van der Waals surface area contributed by atoms with E-state index in [0.717, 1.165) is 148 Å². The molecule has 4 aromatic heterocycles. The topological polar surface area (TPSA) is 52.6 Å². The monoisotopic (exact) mass is 1270 g/mol. The Morgan fingerprint density at radius 2 is 0.520 bits per heavy atom. The van der Waals surface area contributed by atoms with Crippen LogP contribution < -0.4 is 0 Å². The van der Waals surface area contributed by atoms with Gasteiger partial charge in [-0.05, 0) is 221 Å². The van der Waals surface area contributed by atoms with Crippen LogP contribution in [0.2, 0.25) is 0 Å². The minimum absolute atomic E-state index is 0.764. The van der Waals surface area contributed by atoms with Gasteiger partial charge in [-0.1, -0.05) is 243 Å². The zero-order valence-corrected chi connectivity index (χ0v) is 53.8. The smallest absolute Gasteiger partial charge is 0.178 e. The molecule has 0 fully saturated rings. The van der Waals surface area contributed by atoms with Crippen molar-refractivity contribution in [2.75, 3.05) is 0 Å². The van der Waals surface area contributed by atoms with Gasteiger partial charge in [-0.3, -0.25) is 0 Å². The highest BCUT2D eigenvalue weighted by atomic mass is 16.4. The van der Waals surface area contributed by atoms with E-state index in [1.54, 1.807) is 0 Å². The molecule has 0 spiro atoms. The standard InChI is InChI=1S/C96H54O4/c1-3-19-55(20-4-1)90-68-31-11-14-34-71(68)92(72-35-15-12-32-69(72)90)64-27-17-25-57(45-64)62-38-43-84-80(49-62)81-52-83-88(54-87(81)97-84)98-89-53-77(66-29-9-10-30-67(66)94(83)89)63-37-40-74-82(50-63)93(73-36-16-13-33-70(73)91(74)56-21-5-2-6-22-56)65-28-18-26-58(46-65)61-39-44-85-78(48-61)75-41-42-76-79-47-59-23-7-8-24-60(59)51-86(79)100-96(76)95(75)99-85/h1-54H. The fourth-order valence-corrected chi connectivity index (χ4v) is 16.9. The van der Waals surface area contributed by atoms with Crippen LogP contribution in [0.25, 0.3) is 230 Å². The third-order valence-corrected chi connectivity index (χ3v) is 21.4. The Bertz CT molecular complexity index is 7200. The Balaban J connectivity index is 0.676. The van der Waals surface area contributed by atoms with E-state index in [1.807, 2.05) is 0 Å². The summed E-state index contributed by atoms with van der Waals surface area (Å²) >= 11 is 0. The molecule has 0 radical (unpaired) electrons. The minimum atomic E-state index is 0.764. The second-order valence-electron chi connectivity index (χ2n) is 26.8. The van der Waals surface area contributed by atoms with Gasteiger partial charge in [-0.2, -0.15) is 0 Å². The highest BCUT2D eigenvalue weighted by Crippen LogP contribution is 2.51. The number of hydrogen-bond donors (Lipinski definition) is 0. The van der Waals surface area contributed by atoms with Gasteiger partial charge in [0, 0.05) is 49.2 Å². The van der Waals surface area contributed by atoms with Crippen molar-refractivity contribution in [1.82, 2.24) is 0 Å². The first-order valence-electron chi connectivity index (χ1n) is 34.2. The van der Waals surface area contributed by atoms with E-state index in [0.29, 0.717) is 0 Å². The maximum absolute atomic E-state index is 7.06. The van der Waals surface area contributed by atoms with Crippen molar-refractivity contribution in [1.29, 1.82) is 0 Å². The lowest BCUT2D eigenvalue weighted by Gasteiger charge is -2.19. The molecule has 4 heteroatoms. The van der Waals surface area contributed by atoms with E-state index >= 15 is 0 Å². The van der Waals surface area contributed by atoms with Crippen molar-refractivity contribution in [2.45, 2.75) is 0 Å². The van der Waals surface area contributed by atoms with Crippen molar-refractivity contribution in [3.05, 3.63) is 328 Å². The van der Waals surface area contributed by atoms with Crippen LogP contribution >= 0.6 is 0 Å². The van der Waals surface area contributed by atoms with Gasteiger partial charge in [-0.15, -0.1) is 0 Å². The van der Waals surface area contributed by atoms with Crippen LogP contribution in [0.5, 0.6) is 0 Å². The lowest BCUT2D eigenvalue weighted by Crippen LogP contribution is -1.92. The van der Waals surface area contributed by atoms with E-state index in [1.165, 1.54) is 82.0 Å². The van der Waals surface area contributed by atoms with Gasteiger partial charge in [-0.25, -0.2) is 0 Å². The van der Waals surface area contributed by atoms with Crippen LogP contribution in [-0.2, 0) is 0 Å². The maximum Gasteiger partial charge on any atom is 0.178 e. The number of furan rings is 4. The van der Waals surface area contributed by atoms with Crippen molar-refractivity contribution in [3.63, 3.8) is 0 Å². The summed E-state index contributed by atoms with van der Waals surface area (Å²) in [6.07, 6.45) is 0. The number of rotatable bonds is 7. The second kappa shape index (κ2) is 21.1. The van der Waals surface area contributed by atoms with E-state index in [2.05, 4.69) is 328 Å². The van der Waals surface area contributed by atoms with E-state index < -0.39 is 0 Å². The average Bonchev–Trinajstić information content (AvgIpc) is 1.36. The molecule has 0 aliphatic heterocycles. The molecule has 0 aliphatic carbocycles. The first-order chi connectivity index (χ1) is 49.5. The summed E-state index contributed by atoms with van der Waals surface area (Å²) in [6, 6.07) is 119. The lowest BCUT2D eigenvalue weighted by atomic mass is 9.84. The normalized spacial score (nSPS) is 12.2. The van der Waals surface area contributed by atoms with Crippen molar-refractivity contribution in [3.8, 4) is 77.9 Å². The SMILES string of the molecule is c1ccc(-c2c3ccccc3c(-c3cccc(-c4ccc5oc6cc7oc8cc(-c9ccc%10c(-c%11ccccc%11)c%11ccccc%11c(-c%11cccc(-c%12ccc%13oc%14c(ccc%15c%16cc%17ccccc%17cc%16oc%15%14)c%13c%12)c%11)c%10c9)c9ccccc9c8c7cc6c5c4)c3)c3ccccc23)cc1. The molecule has 4 heterocycles. The fourth-order valence-electron chi connectivity index (χ4n) is 16.9. The van der Waals surface area contributed by atoms with Crippen LogP contribution in [0, 0.1) is 0 Å². The summed E-state index contributed by atoms with van der Waals surface area (Å²) in [5.41, 5.74) is 22.7. The first-order valence-corrected chi connectivity index (χ1v) is 34.2. The Labute approximate surface area is 572 Å². The van der Waals surface area contributed by atoms with Gasteiger partial charge in [0.2, 0.25) is 0 Å². The van der Waals surface area contributed by atoms with Crippen LogP contribution in [-0.4, -0.2) is 0 Å². The zero-order chi connectivity index (χ0) is 65.3. The highest BCUT2D eigenvalue weighted by molar-refractivity contribution is 6.28. The second-order valence-corrected chi connectivity index (χ2v) is 26.8. The average molecular weight is 1270 g/mol. The first kappa shape index (κ1) is 54.9. The van der Waals surface area contributed by atoms with E-state index in [9.17, 15) is 0 Å². The molecule has 0 bridgehead atoms. The number of benzene rings is 18. The summed E-state index contributed by atoms with van der Waals surface area (Å²) in [5.74, 6) is 0. The van der Waals surface area contributed by atoms with Crippen molar-refractivity contribution < 1.29 is 17.7 Å².